The number of carbonyl (C=O) groups is 1. The first kappa shape index (κ1) is 16.0. The summed E-state index contributed by atoms with van der Waals surface area (Å²) < 4.78 is 31.6. The summed E-state index contributed by atoms with van der Waals surface area (Å²) in [5, 5.41) is 0. The van der Waals surface area contributed by atoms with Gasteiger partial charge in [-0.1, -0.05) is 13.0 Å². The molecule has 116 valence electrons. The summed E-state index contributed by atoms with van der Waals surface area (Å²) in [5.41, 5.74) is 1.82. The van der Waals surface area contributed by atoms with Gasteiger partial charge >= 0.3 is 5.97 Å². The number of sulfonamides is 1. The van der Waals surface area contributed by atoms with E-state index in [2.05, 4.69) is 0 Å². The molecule has 1 fully saturated rings. The van der Waals surface area contributed by atoms with Crippen molar-refractivity contribution in [1.29, 1.82) is 0 Å². The third-order valence-electron chi connectivity index (χ3n) is 3.92. The number of hydrogen-bond donors (Lipinski definition) is 0. The van der Waals surface area contributed by atoms with Crippen molar-refractivity contribution in [3.63, 3.8) is 0 Å². The summed E-state index contributed by atoms with van der Waals surface area (Å²) in [5.74, 6) is -0.783. The van der Waals surface area contributed by atoms with Crippen molar-refractivity contribution in [3.8, 4) is 0 Å². The van der Waals surface area contributed by atoms with Crippen LogP contribution in [0.3, 0.4) is 0 Å². The molecule has 1 aliphatic heterocycles. The Kier molecular flexibility index (Phi) is 4.39. The topological polar surface area (TPSA) is 63.7 Å². The maximum absolute atomic E-state index is 12.7. The average molecular weight is 311 g/mol. The molecule has 0 amide bonds. The Morgan fingerprint density at radius 1 is 1.19 bits per heavy atom. The summed E-state index contributed by atoms with van der Waals surface area (Å²) in [6.45, 7) is 6.14. The number of aryl methyl sites for hydroxylation is 2. The molecule has 1 aliphatic rings. The fourth-order valence-corrected chi connectivity index (χ4v) is 4.56. The Bertz CT molecular complexity index is 633. The molecule has 1 aromatic rings. The van der Waals surface area contributed by atoms with E-state index in [1.807, 2.05) is 26.8 Å². The maximum atomic E-state index is 12.7. The van der Waals surface area contributed by atoms with E-state index in [0.29, 0.717) is 6.54 Å². The van der Waals surface area contributed by atoms with Crippen LogP contribution in [-0.2, 0) is 19.6 Å². The molecule has 1 heterocycles. The van der Waals surface area contributed by atoms with Crippen LogP contribution in [0.25, 0.3) is 0 Å². The molecule has 2 atom stereocenters. The number of methoxy groups -OCH3 is 1. The molecular formula is C15H21NO4S. The smallest absolute Gasteiger partial charge is 0.310 e. The number of nitrogens with zero attached hydrogens (tertiary/aromatic N) is 1. The SMILES string of the molecule is COC(=O)C1CN(S(=O)(=O)c2cc(C)cc(C)c2)CC1C. The normalized spacial score (nSPS) is 23.2. The summed E-state index contributed by atoms with van der Waals surface area (Å²) in [4.78, 5) is 12.0. The first-order valence-corrected chi connectivity index (χ1v) is 8.36. The van der Waals surface area contributed by atoms with Crippen LogP contribution >= 0.6 is 0 Å². The molecule has 0 saturated carbocycles. The molecular weight excluding hydrogens is 290 g/mol. The van der Waals surface area contributed by atoms with E-state index in [-0.39, 0.29) is 23.3 Å². The van der Waals surface area contributed by atoms with Crippen molar-refractivity contribution >= 4 is 16.0 Å². The Morgan fingerprint density at radius 2 is 1.76 bits per heavy atom. The molecule has 2 unspecified atom stereocenters. The van der Waals surface area contributed by atoms with Gasteiger partial charge in [0, 0.05) is 13.1 Å². The van der Waals surface area contributed by atoms with Crippen molar-refractivity contribution in [2.24, 2.45) is 11.8 Å². The lowest BCUT2D eigenvalue weighted by Gasteiger charge is -2.17. The molecule has 21 heavy (non-hydrogen) atoms. The van der Waals surface area contributed by atoms with Crippen LogP contribution in [0.4, 0.5) is 0 Å². The summed E-state index contributed by atoms with van der Waals surface area (Å²) >= 11 is 0. The molecule has 2 rings (SSSR count). The van der Waals surface area contributed by atoms with Crippen LogP contribution in [0.5, 0.6) is 0 Å². The van der Waals surface area contributed by atoms with Crippen molar-refractivity contribution < 1.29 is 17.9 Å². The van der Waals surface area contributed by atoms with Crippen molar-refractivity contribution in [2.75, 3.05) is 20.2 Å². The Morgan fingerprint density at radius 3 is 2.29 bits per heavy atom. The second-order valence-electron chi connectivity index (χ2n) is 5.75. The molecule has 6 heteroatoms. The van der Waals surface area contributed by atoms with E-state index < -0.39 is 15.9 Å². The minimum atomic E-state index is -3.57. The number of esters is 1. The average Bonchev–Trinajstić information content (AvgIpc) is 2.79. The van der Waals surface area contributed by atoms with Gasteiger partial charge in [-0.05, 0) is 43.0 Å². The molecule has 5 nitrogen and oxygen atoms in total. The fourth-order valence-electron chi connectivity index (χ4n) is 2.81. The zero-order valence-corrected chi connectivity index (χ0v) is 13.6. The van der Waals surface area contributed by atoms with Gasteiger partial charge in [0.25, 0.3) is 0 Å². The highest BCUT2D eigenvalue weighted by Crippen LogP contribution is 2.29. The highest BCUT2D eigenvalue weighted by molar-refractivity contribution is 7.89. The van der Waals surface area contributed by atoms with Crippen LogP contribution in [0.2, 0.25) is 0 Å². The van der Waals surface area contributed by atoms with Gasteiger partial charge in [0.05, 0.1) is 17.9 Å². The zero-order valence-electron chi connectivity index (χ0n) is 12.8. The van der Waals surface area contributed by atoms with E-state index in [9.17, 15) is 13.2 Å². The monoisotopic (exact) mass is 311 g/mol. The van der Waals surface area contributed by atoms with E-state index in [1.54, 1.807) is 12.1 Å². The number of benzene rings is 1. The Balaban J connectivity index is 2.31. The van der Waals surface area contributed by atoms with Crippen LogP contribution < -0.4 is 0 Å². The van der Waals surface area contributed by atoms with Gasteiger partial charge in [-0.15, -0.1) is 0 Å². The summed E-state index contributed by atoms with van der Waals surface area (Å²) in [6, 6.07) is 5.26. The quantitative estimate of drug-likeness (QED) is 0.798. The highest BCUT2D eigenvalue weighted by atomic mass is 32.2. The van der Waals surface area contributed by atoms with Gasteiger partial charge in [-0.3, -0.25) is 4.79 Å². The second kappa shape index (κ2) is 5.77. The third-order valence-corrected chi connectivity index (χ3v) is 5.73. The molecule has 1 saturated heterocycles. The molecule has 0 spiro atoms. The van der Waals surface area contributed by atoms with Crippen LogP contribution in [0, 0.1) is 25.7 Å². The van der Waals surface area contributed by atoms with Gasteiger partial charge < -0.3 is 4.74 Å². The Labute approximate surface area is 126 Å². The van der Waals surface area contributed by atoms with E-state index in [1.165, 1.54) is 11.4 Å². The summed E-state index contributed by atoms with van der Waals surface area (Å²) in [6.07, 6.45) is 0. The third kappa shape index (κ3) is 3.11. The minimum Gasteiger partial charge on any atom is -0.469 e. The molecule has 0 bridgehead atoms. The first-order valence-electron chi connectivity index (χ1n) is 6.92. The van der Waals surface area contributed by atoms with E-state index >= 15 is 0 Å². The summed E-state index contributed by atoms with van der Waals surface area (Å²) in [7, 11) is -2.24. The molecule has 0 N–H and O–H groups in total. The number of hydrogen-bond acceptors (Lipinski definition) is 4. The number of ether oxygens (including phenoxy) is 1. The molecule has 0 aliphatic carbocycles. The first-order chi connectivity index (χ1) is 9.75. The zero-order chi connectivity index (χ0) is 15.8. The standard InChI is InChI=1S/C15H21NO4S/c1-10-5-11(2)7-13(6-10)21(18,19)16-8-12(3)14(9-16)15(17)20-4/h5-7,12,14H,8-9H2,1-4H3. The van der Waals surface area contributed by atoms with Crippen LogP contribution in [-0.4, -0.2) is 38.9 Å². The second-order valence-corrected chi connectivity index (χ2v) is 7.69. The Hall–Kier alpha value is -1.40. The molecule has 0 radical (unpaired) electrons. The maximum Gasteiger partial charge on any atom is 0.310 e. The largest absolute Gasteiger partial charge is 0.469 e. The predicted octanol–water partition coefficient (Wildman–Crippen LogP) is 1.73. The van der Waals surface area contributed by atoms with Crippen molar-refractivity contribution in [2.45, 2.75) is 25.7 Å². The van der Waals surface area contributed by atoms with Crippen LogP contribution in [0.1, 0.15) is 18.1 Å². The molecule has 1 aromatic carbocycles. The van der Waals surface area contributed by atoms with Crippen molar-refractivity contribution in [1.82, 2.24) is 4.31 Å². The number of rotatable bonds is 3. The number of carbonyl (C=O) groups excluding carboxylic acids is 1. The fraction of sp³-hybridized carbons (Fsp3) is 0.533. The minimum absolute atomic E-state index is 0.0434. The van der Waals surface area contributed by atoms with Gasteiger partial charge in [-0.2, -0.15) is 4.31 Å². The lowest BCUT2D eigenvalue weighted by molar-refractivity contribution is -0.145. The van der Waals surface area contributed by atoms with E-state index in [0.717, 1.165) is 11.1 Å². The van der Waals surface area contributed by atoms with Gasteiger partial charge in [0.2, 0.25) is 10.0 Å². The lowest BCUT2D eigenvalue weighted by Crippen LogP contribution is -2.30. The van der Waals surface area contributed by atoms with E-state index in [4.69, 9.17) is 4.74 Å². The highest BCUT2D eigenvalue weighted by Gasteiger charge is 2.41. The lowest BCUT2D eigenvalue weighted by atomic mass is 9.99. The predicted molar refractivity (Wildman–Crippen MR) is 79.3 cm³/mol. The van der Waals surface area contributed by atoms with Gasteiger partial charge in [0.15, 0.2) is 0 Å². The molecule has 0 aromatic heterocycles. The van der Waals surface area contributed by atoms with Gasteiger partial charge in [-0.25, -0.2) is 8.42 Å². The van der Waals surface area contributed by atoms with Crippen molar-refractivity contribution in [3.05, 3.63) is 29.3 Å². The van der Waals surface area contributed by atoms with Crippen LogP contribution in [0.15, 0.2) is 23.1 Å². The van der Waals surface area contributed by atoms with Gasteiger partial charge in [0.1, 0.15) is 0 Å².